The molecule has 0 aliphatic rings. The smallest absolute Gasteiger partial charge is 0.259 e. The molecule has 1 amide bonds. The largest absolute Gasteiger partial charge is 0.320 e. The molecule has 0 spiro atoms. The monoisotopic (exact) mass is 303 g/mol. The number of rotatable bonds is 2. The van der Waals surface area contributed by atoms with Crippen LogP contribution in [0.5, 0.6) is 0 Å². The van der Waals surface area contributed by atoms with Gasteiger partial charge >= 0.3 is 0 Å². The highest BCUT2D eigenvalue weighted by Crippen LogP contribution is 2.32. The summed E-state index contributed by atoms with van der Waals surface area (Å²) in [4.78, 5) is 11.9. The van der Waals surface area contributed by atoms with Gasteiger partial charge in [0.25, 0.3) is 5.91 Å². The third-order valence-electron chi connectivity index (χ3n) is 2.33. The maximum atomic E-state index is 11.9. The molecule has 4 nitrogen and oxygen atoms in total. The van der Waals surface area contributed by atoms with Crippen LogP contribution >= 0.6 is 34.8 Å². The Bertz CT molecular complexity index is 610. The Morgan fingerprint density at radius 3 is 2.50 bits per heavy atom. The quantitative estimate of drug-likeness (QED) is 0.826. The van der Waals surface area contributed by atoms with Gasteiger partial charge < -0.3 is 5.32 Å². The van der Waals surface area contributed by atoms with E-state index in [0.29, 0.717) is 32.0 Å². The lowest BCUT2D eigenvalue weighted by atomic mass is 10.2. The van der Waals surface area contributed by atoms with Gasteiger partial charge in [0.2, 0.25) is 0 Å². The molecule has 1 heterocycles. The number of carbonyl (C=O) groups is 1. The molecule has 0 aliphatic carbocycles. The Kier molecular flexibility index (Phi) is 3.80. The maximum absolute atomic E-state index is 11.9. The average Bonchev–Trinajstić information content (AvgIpc) is 2.72. The molecule has 1 aromatic carbocycles. The van der Waals surface area contributed by atoms with E-state index in [0.717, 1.165) is 0 Å². The van der Waals surface area contributed by atoms with E-state index in [1.165, 1.54) is 18.3 Å². The summed E-state index contributed by atoms with van der Waals surface area (Å²) in [7, 11) is 0. The van der Waals surface area contributed by atoms with E-state index in [2.05, 4.69) is 15.5 Å². The predicted molar refractivity (Wildman–Crippen MR) is 72.7 cm³/mol. The van der Waals surface area contributed by atoms with Crippen molar-refractivity contribution in [1.82, 2.24) is 10.2 Å². The van der Waals surface area contributed by atoms with Gasteiger partial charge in [0.1, 0.15) is 0 Å². The van der Waals surface area contributed by atoms with Gasteiger partial charge in [0, 0.05) is 5.69 Å². The van der Waals surface area contributed by atoms with Crippen LogP contribution in [-0.4, -0.2) is 16.1 Å². The number of benzene rings is 1. The Morgan fingerprint density at radius 2 is 1.89 bits per heavy atom. The Morgan fingerprint density at radius 1 is 1.22 bits per heavy atom. The molecule has 0 fully saturated rings. The van der Waals surface area contributed by atoms with Crippen LogP contribution in [0.1, 0.15) is 16.1 Å². The van der Waals surface area contributed by atoms with E-state index >= 15 is 0 Å². The molecule has 2 N–H and O–H groups in total. The normalized spacial score (nSPS) is 10.4. The van der Waals surface area contributed by atoms with Crippen molar-refractivity contribution in [1.29, 1.82) is 0 Å². The summed E-state index contributed by atoms with van der Waals surface area (Å²) in [5.41, 5.74) is 1.51. The number of amides is 1. The minimum Gasteiger partial charge on any atom is -0.320 e. The lowest BCUT2D eigenvalue weighted by molar-refractivity contribution is 0.102. The third-order valence-corrected chi connectivity index (χ3v) is 3.37. The summed E-state index contributed by atoms with van der Waals surface area (Å²) in [6.45, 7) is 1.75. The fourth-order valence-corrected chi connectivity index (χ4v) is 1.98. The van der Waals surface area contributed by atoms with Crippen molar-refractivity contribution in [2.45, 2.75) is 6.92 Å². The first-order valence-corrected chi connectivity index (χ1v) is 6.08. The van der Waals surface area contributed by atoms with Crippen LogP contribution in [0.4, 0.5) is 5.69 Å². The van der Waals surface area contributed by atoms with Crippen molar-refractivity contribution in [2.24, 2.45) is 0 Å². The number of nitrogens with zero attached hydrogens (tertiary/aromatic N) is 1. The standard InChI is InChI=1S/C11H8Cl3N3O/c1-5-6(4-15-17-5)11(18)16-10-3-8(13)7(12)2-9(10)14/h2-4H,1H3,(H,15,17)(H,16,18). The van der Waals surface area contributed by atoms with E-state index in [1.54, 1.807) is 6.92 Å². The molecule has 0 radical (unpaired) electrons. The van der Waals surface area contributed by atoms with Crippen molar-refractivity contribution in [3.8, 4) is 0 Å². The van der Waals surface area contributed by atoms with Crippen LogP contribution in [0.2, 0.25) is 15.1 Å². The SMILES string of the molecule is Cc1[nH]ncc1C(=O)Nc1cc(Cl)c(Cl)cc1Cl. The number of carbonyl (C=O) groups excluding carboxylic acids is 1. The lowest BCUT2D eigenvalue weighted by Crippen LogP contribution is -2.12. The van der Waals surface area contributed by atoms with E-state index in [-0.39, 0.29) is 5.91 Å². The van der Waals surface area contributed by atoms with Crippen LogP contribution in [0, 0.1) is 6.92 Å². The summed E-state index contributed by atoms with van der Waals surface area (Å²) < 4.78 is 0. The minimum atomic E-state index is -0.318. The molecular weight excluding hydrogens is 296 g/mol. The summed E-state index contributed by atoms with van der Waals surface area (Å²) in [5.74, 6) is -0.318. The molecule has 2 aromatic rings. The molecule has 0 unspecified atom stereocenters. The first-order chi connectivity index (χ1) is 8.49. The molecule has 0 bridgehead atoms. The van der Waals surface area contributed by atoms with Crippen molar-refractivity contribution in [3.05, 3.63) is 44.7 Å². The Hall–Kier alpha value is -1.23. The van der Waals surface area contributed by atoms with Crippen molar-refractivity contribution >= 4 is 46.4 Å². The molecule has 94 valence electrons. The zero-order chi connectivity index (χ0) is 13.3. The molecule has 0 saturated carbocycles. The fraction of sp³-hybridized carbons (Fsp3) is 0.0909. The number of aryl methyl sites for hydroxylation is 1. The zero-order valence-corrected chi connectivity index (χ0v) is 11.5. The van der Waals surface area contributed by atoms with Gasteiger partial charge in [0.15, 0.2) is 0 Å². The molecule has 0 atom stereocenters. The van der Waals surface area contributed by atoms with Crippen LogP contribution < -0.4 is 5.32 Å². The molecule has 18 heavy (non-hydrogen) atoms. The van der Waals surface area contributed by atoms with E-state index < -0.39 is 0 Å². The molecule has 7 heteroatoms. The van der Waals surface area contributed by atoms with Gasteiger partial charge in [-0.3, -0.25) is 9.89 Å². The van der Waals surface area contributed by atoms with Crippen LogP contribution in [0.15, 0.2) is 18.3 Å². The summed E-state index contributed by atoms with van der Waals surface area (Å²) in [5, 5.41) is 10.1. The second kappa shape index (κ2) is 5.18. The predicted octanol–water partition coefficient (Wildman–Crippen LogP) is 3.93. The molecule has 0 aliphatic heterocycles. The highest BCUT2D eigenvalue weighted by atomic mass is 35.5. The minimum absolute atomic E-state index is 0.318. The number of nitrogens with one attached hydrogen (secondary N) is 2. The number of H-pyrrole nitrogens is 1. The number of hydrogen-bond acceptors (Lipinski definition) is 2. The molecule has 1 aromatic heterocycles. The average molecular weight is 305 g/mol. The maximum Gasteiger partial charge on any atom is 0.259 e. The van der Waals surface area contributed by atoms with Crippen molar-refractivity contribution < 1.29 is 4.79 Å². The third kappa shape index (κ3) is 2.61. The number of halogens is 3. The summed E-state index contributed by atoms with van der Waals surface area (Å²) in [6.07, 6.45) is 1.44. The highest BCUT2D eigenvalue weighted by Gasteiger charge is 2.13. The van der Waals surface area contributed by atoms with Crippen LogP contribution in [-0.2, 0) is 0 Å². The fourth-order valence-electron chi connectivity index (χ4n) is 1.39. The Balaban J connectivity index is 2.28. The zero-order valence-electron chi connectivity index (χ0n) is 9.22. The second-order valence-electron chi connectivity index (χ2n) is 3.61. The molecular formula is C11H8Cl3N3O. The van der Waals surface area contributed by atoms with Crippen LogP contribution in [0.3, 0.4) is 0 Å². The Labute approximate surface area is 118 Å². The van der Waals surface area contributed by atoms with Crippen molar-refractivity contribution in [2.75, 3.05) is 5.32 Å². The van der Waals surface area contributed by atoms with E-state index in [1.807, 2.05) is 0 Å². The highest BCUT2D eigenvalue weighted by molar-refractivity contribution is 6.44. The van der Waals surface area contributed by atoms with Gasteiger partial charge in [-0.1, -0.05) is 34.8 Å². The lowest BCUT2D eigenvalue weighted by Gasteiger charge is -2.08. The number of anilines is 1. The van der Waals surface area contributed by atoms with Gasteiger partial charge in [0.05, 0.1) is 32.5 Å². The first-order valence-electron chi connectivity index (χ1n) is 4.95. The van der Waals surface area contributed by atoms with Crippen LogP contribution in [0.25, 0.3) is 0 Å². The van der Waals surface area contributed by atoms with Gasteiger partial charge in [-0.2, -0.15) is 5.10 Å². The number of aromatic nitrogens is 2. The summed E-state index contributed by atoms with van der Waals surface area (Å²) in [6, 6.07) is 2.98. The van der Waals surface area contributed by atoms with Gasteiger partial charge in [-0.05, 0) is 19.1 Å². The van der Waals surface area contributed by atoms with E-state index in [4.69, 9.17) is 34.8 Å². The summed E-state index contributed by atoms with van der Waals surface area (Å²) >= 11 is 17.6. The number of aromatic amines is 1. The first kappa shape index (κ1) is 13.2. The van der Waals surface area contributed by atoms with E-state index in [9.17, 15) is 4.79 Å². The molecule has 2 rings (SSSR count). The topological polar surface area (TPSA) is 57.8 Å². The van der Waals surface area contributed by atoms with Crippen molar-refractivity contribution in [3.63, 3.8) is 0 Å². The molecule has 0 saturated heterocycles. The second-order valence-corrected chi connectivity index (χ2v) is 4.83. The van der Waals surface area contributed by atoms with Gasteiger partial charge in [-0.25, -0.2) is 0 Å². The van der Waals surface area contributed by atoms with Gasteiger partial charge in [-0.15, -0.1) is 0 Å². The number of hydrogen-bond donors (Lipinski definition) is 2.